The van der Waals surface area contributed by atoms with E-state index in [2.05, 4.69) is 5.32 Å². The largest absolute Gasteiger partial charge is 0.367 e. The van der Waals surface area contributed by atoms with E-state index in [1.807, 2.05) is 7.05 Å². The first-order valence-corrected chi connectivity index (χ1v) is 2.81. The van der Waals surface area contributed by atoms with Gasteiger partial charge in [-0.25, -0.2) is 0 Å². The molecule has 0 spiro atoms. The highest BCUT2D eigenvalue weighted by Gasteiger charge is 2.23. The number of likely N-dealkylation sites (N-methyl/N-ethyl adjacent to an activating group) is 1. The molecule has 1 aliphatic rings. The van der Waals surface area contributed by atoms with Gasteiger partial charge in [0.25, 0.3) is 0 Å². The first-order valence-electron chi connectivity index (χ1n) is 2.81. The first kappa shape index (κ1) is 6.01. The Bertz CT molecular complexity index is 76.8. The summed E-state index contributed by atoms with van der Waals surface area (Å²) in [4.78, 5) is 0. The van der Waals surface area contributed by atoms with Crippen LogP contribution in [-0.4, -0.2) is 31.1 Å². The smallest absolute Gasteiger partial charge is 0.169 e. The van der Waals surface area contributed by atoms with Crippen molar-refractivity contribution in [3.05, 3.63) is 0 Å². The van der Waals surface area contributed by atoms with Gasteiger partial charge in [-0.1, -0.05) is 0 Å². The molecule has 0 aromatic heterocycles. The van der Waals surface area contributed by atoms with Crippen molar-refractivity contribution in [3.63, 3.8) is 0 Å². The Morgan fingerprint density at radius 2 is 2.50 bits per heavy atom. The molecule has 3 nitrogen and oxygen atoms in total. The third-order valence-electron chi connectivity index (χ3n) is 1.43. The Labute approximate surface area is 48.7 Å². The van der Waals surface area contributed by atoms with Crippen LogP contribution < -0.4 is 5.32 Å². The van der Waals surface area contributed by atoms with Gasteiger partial charge in [-0.15, -0.1) is 0 Å². The zero-order valence-electron chi connectivity index (χ0n) is 4.92. The molecule has 1 saturated heterocycles. The Morgan fingerprint density at radius 3 is 2.75 bits per heavy atom. The standard InChI is InChI=1S/C5H11NO2/c1-6-4-2-3-8-5(4)7/h4-7H,2-3H2,1H3/t4-,5?/m0/s1. The van der Waals surface area contributed by atoms with Gasteiger partial charge in [0.1, 0.15) is 0 Å². The van der Waals surface area contributed by atoms with E-state index >= 15 is 0 Å². The van der Waals surface area contributed by atoms with Crippen molar-refractivity contribution in [1.29, 1.82) is 0 Å². The number of ether oxygens (including phenoxy) is 1. The average molecular weight is 117 g/mol. The van der Waals surface area contributed by atoms with E-state index in [0.717, 1.165) is 6.42 Å². The Balaban J connectivity index is 2.30. The molecule has 1 unspecified atom stereocenters. The molecule has 3 heteroatoms. The molecule has 1 fully saturated rings. The minimum atomic E-state index is -0.583. The predicted molar refractivity (Wildman–Crippen MR) is 29.4 cm³/mol. The lowest BCUT2D eigenvalue weighted by molar-refractivity contribution is -0.0706. The van der Waals surface area contributed by atoms with Crippen LogP contribution in [0.1, 0.15) is 6.42 Å². The van der Waals surface area contributed by atoms with Crippen molar-refractivity contribution in [2.45, 2.75) is 18.8 Å². The van der Waals surface area contributed by atoms with Crippen molar-refractivity contribution in [2.75, 3.05) is 13.7 Å². The molecule has 1 aliphatic heterocycles. The molecule has 0 aromatic carbocycles. The lowest BCUT2D eigenvalue weighted by atomic mass is 10.2. The molecule has 1 rings (SSSR count). The summed E-state index contributed by atoms with van der Waals surface area (Å²) in [7, 11) is 1.82. The van der Waals surface area contributed by atoms with Crippen LogP contribution in [0.25, 0.3) is 0 Å². The van der Waals surface area contributed by atoms with Gasteiger partial charge in [0, 0.05) is 0 Å². The second-order valence-electron chi connectivity index (χ2n) is 1.95. The molecule has 2 N–H and O–H groups in total. The van der Waals surface area contributed by atoms with Crippen molar-refractivity contribution in [1.82, 2.24) is 5.32 Å². The number of nitrogens with one attached hydrogen (secondary N) is 1. The molecule has 2 atom stereocenters. The first-order chi connectivity index (χ1) is 3.84. The van der Waals surface area contributed by atoms with E-state index in [0.29, 0.717) is 6.61 Å². The highest BCUT2D eigenvalue weighted by molar-refractivity contribution is 4.72. The van der Waals surface area contributed by atoms with Crippen LogP contribution in [0.5, 0.6) is 0 Å². The number of hydrogen-bond donors (Lipinski definition) is 2. The normalized spacial score (nSPS) is 38.2. The van der Waals surface area contributed by atoms with Crippen molar-refractivity contribution in [3.8, 4) is 0 Å². The molecular weight excluding hydrogens is 106 g/mol. The van der Waals surface area contributed by atoms with Crippen molar-refractivity contribution < 1.29 is 9.84 Å². The molecule has 1 heterocycles. The highest BCUT2D eigenvalue weighted by Crippen LogP contribution is 2.08. The van der Waals surface area contributed by atoms with Crippen LogP contribution in [0, 0.1) is 0 Å². The predicted octanol–water partition coefficient (Wildman–Crippen LogP) is -0.687. The fraction of sp³-hybridized carbons (Fsp3) is 1.00. The van der Waals surface area contributed by atoms with Gasteiger partial charge in [-0.2, -0.15) is 0 Å². The summed E-state index contributed by atoms with van der Waals surface area (Å²) in [5.41, 5.74) is 0. The fourth-order valence-electron chi connectivity index (χ4n) is 0.861. The Hall–Kier alpha value is -0.120. The van der Waals surface area contributed by atoms with E-state index < -0.39 is 6.29 Å². The van der Waals surface area contributed by atoms with Crippen molar-refractivity contribution in [2.24, 2.45) is 0 Å². The summed E-state index contributed by atoms with van der Waals surface area (Å²) in [6.07, 6.45) is 0.331. The van der Waals surface area contributed by atoms with Gasteiger partial charge in [0.15, 0.2) is 6.29 Å². The molecule has 0 saturated carbocycles. The third-order valence-corrected chi connectivity index (χ3v) is 1.43. The molecule has 0 bridgehead atoms. The van der Waals surface area contributed by atoms with Crippen LogP contribution in [-0.2, 0) is 4.74 Å². The second-order valence-corrected chi connectivity index (χ2v) is 1.95. The SMILES string of the molecule is CN[C@H]1CCOC1O. The third kappa shape index (κ3) is 0.992. The zero-order valence-corrected chi connectivity index (χ0v) is 4.92. The Morgan fingerprint density at radius 1 is 1.75 bits per heavy atom. The number of rotatable bonds is 1. The van der Waals surface area contributed by atoms with Crippen LogP contribution in [0.4, 0.5) is 0 Å². The lowest BCUT2D eigenvalue weighted by Gasteiger charge is -2.09. The average Bonchev–Trinajstić information content (AvgIpc) is 2.14. The Kier molecular flexibility index (Phi) is 1.83. The van der Waals surface area contributed by atoms with Crippen LogP contribution >= 0.6 is 0 Å². The van der Waals surface area contributed by atoms with E-state index in [4.69, 9.17) is 9.84 Å². The van der Waals surface area contributed by atoms with Crippen LogP contribution in [0.3, 0.4) is 0 Å². The van der Waals surface area contributed by atoms with E-state index in [1.165, 1.54) is 0 Å². The summed E-state index contributed by atoms with van der Waals surface area (Å²) in [5, 5.41) is 11.8. The summed E-state index contributed by atoms with van der Waals surface area (Å²) >= 11 is 0. The molecule has 0 radical (unpaired) electrons. The van der Waals surface area contributed by atoms with Gasteiger partial charge >= 0.3 is 0 Å². The monoisotopic (exact) mass is 117 g/mol. The highest BCUT2D eigenvalue weighted by atomic mass is 16.6. The number of hydrogen-bond acceptors (Lipinski definition) is 3. The van der Waals surface area contributed by atoms with E-state index in [1.54, 1.807) is 0 Å². The molecule has 0 amide bonds. The van der Waals surface area contributed by atoms with Gasteiger partial charge in [0.2, 0.25) is 0 Å². The number of aliphatic hydroxyl groups is 1. The molecule has 0 aliphatic carbocycles. The number of aliphatic hydroxyl groups excluding tert-OH is 1. The van der Waals surface area contributed by atoms with Gasteiger partial charge in [-0.3, -0.25) is 0 Å². The summed E-state index contributed by atoms with van der Waals surface area (Å²) in [5.74, 6) is 0. The zero-order chi connectivity index (χ0) is 5.98. The van der Waals surface area contributed by atoms with Gasteiger partial charge in [-0.05, 0) is 13.5 Å². The van der Waals surface area contributed by atoms with Crippen LogP contribution in [0.15, 0.2) is 0 Å². The summed E-state index contributed by atoms with van der Waals surface area (Å²) < 4.78 is 4.85. The minimum absolute atomic E-state index is 0.148. The van der Waals surface area contributed by atoms with Gasteiger partial charge in [0.05, 0.1) is 12.6 Å². The minimum Gasteiger partial charge on any atom is -0.367 e. The molecule has 0 aromatic rings. The molecule has 48 valence electrons. The second kappa shape index (κ2) is 2.44. The molecular formula is C5H11NO2. The van der Waals surface area contributed by atoms with E-state index in [-0.39, 0.29) is 6.04 Å². The lowest BCUT2D eigenvalue weighted by Crippen LogP contribution is -2.33. The fourth-order valence-corrected chi connectivity index (χ4v) is 0.861. The maximum absolute atomic E-state index is 8.90. The van der Waals surface area contributed by atoms with Gasteiger partial charge < -0.3 is 15.2 Å². The summed E-state index contributed by atoms with van der Waals surface area (Å²) in [6, 6.07) is 0.148. The quantitative estimate of drug-likeness (QED) is 0.478. The maximum atomic E-state index is 8.90. The molecule has 8 heavy (non-hydrogen) atoms. The van der Waals surface area contributed by atoms with E-state index in [9.17, 15) is 0 Å². The van der Waals surface area contributed by atoms with Crippen molar-refractivity contribution >= 4 is 0 Å². The topological polar surface area (TPSA) is 41.5 Å². The summed E-state index contributed by atoms with van der Waals surface area (Å²) in [6.45, 7) is 0.673. The maximum Gasteiger partial charge on any atom is 0.169 e. The van der Waals surface area contributed by atoms with Crippen LogP contribution in [0.2, 0.25) is 0 Å².